The third kappa shape index (κ3) is 2.71. The molecule has 5 heteroatoms. The van der Waals surface area contributed by atoms with E-state index in [1.165, 1.54) is 11.8 Å². The second-order valence-electron chi connectivity index (χ2n) is 5.15. The summed E-state index contributed by atoms with van der Waals surface area (Å²) in [5, 5.41) is 2.29. The molecule has 0 saturated carbocycles. The summed E-state index contributed by atoms with van der Waals surface area (Å²) in [6.07, 6.45) is 0.614. The number of amides is 3. The summed E-state index contributed by atoms with van der Waals surface area (Å²) in [5.74, 6) is -0.891. The van der Waals surface area contributed by atoms with Gasteiger partial charge in [0, 0.05) is 19.0 Å². The fourth-order valence-electron chi connectivity index (χ4n) is 2.56. The van der Waals surface area contributed by atoms with E-state index in [1.807, 2.05) is 32.0 Å². The van der Waals surface area contributed by atoms with E-state index >= 15 is 0 Å². The zero-order valence-corrected chi connectivity index (χ0v) is 11.9. The molecule has 1 unspecified atom stereocenters. The first-order valence-electron chi connectivity index (χ1n) is 6.61. The molecule has 1 aromatic rings. The predicted molar refractivity (Wildman–Crippen MR) is 75.2 cm³/mol. The van der Waals surface area contributed by atoms with Gasteiger partial charge in [-0.15, -0.1) is 0 Å². The Kier molecular flexibility index (Phi) is 3.88. The van der Waals surface area contributed by atoms with Crippen LogP contribution >= 0.6 is 0 Å². The van der Waals surface area contributed by atoms with E-state index in [0.29, 0.717) is 6.42 Å². The number of piperidine rings is 1. The molecule has 0 radical (unpaired) electrons. The maximum Gasteiger partial charge on any atom is 0.249 e. The quantitative estimate of drug-likeness (QED) is 0.830. The molecular formula is C15H18N2O3. The van der Waals surface area contributed by atoms with E-state index < -0.39 is 11.9 Å². The van der Waals surface area contributed by atoms with Crippen LogP contribution in [-0.4, -0.2) is 23.8 Å². The van der Waals surface area contributed by atoms with Gasteiger partial charge in [-0.25, -0.2) is 0 Å². The van der Waals surface area contributed by atoms with E-state index in [4.69, 9.17) is 0 Å². The van der Waals surface area contributed by atoms with Crippen molar-refractivity contribution in [2.75, 3.05) is 4.90 Å². The topological polar surface area (TPSA) is 66.5 Å². The number of aryl methyl sites for hydroxylation is 2. The largest absolute Gasteiger partial charge is 0.300 e. The van der Waals surface area contributed by atoms with Gasteiger partial charge in [0.25, 0.3) is 0 Å². The van der Waals surface area contributed by atoms with Crippen molar-refractivity contribution in [1.29, 1.82) is 0 Å². The van der Waals surface area contributed by atoms with Gasteiger partial charge < -0.3 is 0 Å². The van der Waals surface area contributed by atoms with Crippen LogP contribution < -0.4 is 10.2 Å². The number of nitrogens with one attached hydrogen (secondary N) is 1. The van der Waals surface area contributed by atoms with Crippen LogP contribution in [0.5, 0.6) is 0 Å². The number of carbonyl (C=O) groups excluding carboxylic acids is 3. The number of rotatable bonds is 2. The van der Waals surface area contributed by atoms with Crippen molar-refractivity contribution in [3.63, 3.8) is 0 Å². The van der Waals surface area contributed by atoms with Crippen molar-refractivity contribution < 1.29 is 14.4 Å². The van der Waals surface area contributed by atoms with E-state index in [2.05, 4.69) is 5.32 Å². The van der Waals surface area contributed by atoms with Crippen LogP contribution in [0.1, 0.15) is 30.9 Å². The molecular weight excluding hydrogens is 256 g/mol. The normalized spacial score (nSPS) is 18.6. The summed E-state index contributed by atoms with van der Waals surface area (Å²) in [5.41, 5.74) is 2.75. The highest BCUT2D eigenvalue weighted by Gasteiger charge is 2.34. The Balaban J connectivity index is 2.39. The van der Waals surface area contributed by atoms with Crippen molar-refractivity contribution in [3.05, 3.63) is 29.3 Å². The first-order chi connectivity index (χ1) is 9.40. The fraction of sp³-hybridized carbons (Fsp3) is 0.400. The number of anilines is 1. The minimum Gasteiger partial charge on any atom is -0.300 e. The Morgan fingerprint density at radius 1 is 1.30 bits per heavy atom. The average molecular weight is 274 g/mol. The summed E-state index contributed by atoms with van der Waals surface area (Å²) < 4.78 is 0. The lowest BCUT2D eigenvalue weighted by molar-refractivity contribution is -0.135. The van der Waals surface area contributed by atoms with Crippen LogP contribution in [0.2, 0.25) is 0 Å². The highest BCUT2D eigenvalue weighted by Crippen LogP contribution is 2.26. The molecule has 20 heavy (non-hydrogen) atoms. The van der Waals surface area contributed by atoms with Crippen molar-refractivity contribution in [2.24, 2.45) is 0 Å². The number of carbonyl (C=O) groups is 3. The molecule has 1 atom stereocenters. The lowest BCUT2D eigenvalue weighted by Crippen LogP contribution is -2.54. The van der Waals surface area contributed by atoms with Crippen LogP contribution in [-0.2, 0) is 14.4 Å². The zero-order chi connectivity index (χ0) is 14.9. The molecule has 3 amide bonds. The molecule has 1 saturated heterocycles. The summed E-state index contributed by atoms with van der Waals surface area (Å²) in [6, 6.07) is 5.10. The summed E-state index contributed by atoms with van der Waals surface area (Å²) in [7, 11) is 0. The summed E-state index contributed by atoms with van der Waals surface area (Å²) in [4.78, 5) is 36.7. The zero-order valence-electron chi connectivity index (χ0n) is 11.9. The average Bonchev–Trinajstić information content (AvgIpc) is 2.34. The van der Waals surface area contributed by atoms with E-state index in [0.717, 1.165) is 16.8 Å². The predicted octanol–water partition coefficient (Wildman–Crippen LogP) is 1.46. The highest BCUT2D eigenvalue weighted by molar-refractivity contribution is 6.06. The van der Waals surface area contributed by atoms with Gasteiger partial charge in [0.15, 0.2) is 0 Å². The first kappa shape index (κ1) is 14.2. The van der Waals surface area contributed by atoms with Crippen LogP contribution in [0.3, 0.4) is 0 Å². The van der Waals surface area contributed by atoms with Crippen LogP contribution in [0.4, 0.5) is 5.69 Å². The van der Waals surface area contributed by atoms with Gasteiger partial charge in [0.1, 0.15) is 6.04 Å². The number of hydrogen-bond acceptors (Lipinski definition) is 3. The molecule has 1 heterocycles. The summed E-state index contributed by atoms with van der Waals surface area (Å²) >= 11 is 0. The standard InChI is InChI=1S/C15H18N2O3/c1-9-4-5-12(10(2)8-9)17(11(3)18)13-6-7-14(19)16-15(13)20/h4-5,8,13H,6-7H2,1-3H3,(H,16,19,20). The molecule has 1 aliphatic heterocycles. The van der Waals surface area contributed by atoms with Gasteiger partial charge in [-0.3, -0.25) is 24.6 Å². The Morgan fingerprint density at radius 3 is 2.55 bits per heavy atom. The van der Waals surface area contributed by atoms with E-state index in [9.17, 15) is 14.4 Å². The molecule has 1 aliphatic rings. The minimum absolute atomic E-state index is 0.202. The monoisotopic (exact) mass is 274 g/mol. The van der Waals surface area contributed by atoms with Crippen LogP contribution in [0, 0.1) is 13.8 Å². The van der Waals surface area contributed by atoms with Gasteiger partial charge in [-0.2, -0.15) is 0 Å². The maximum absolute atomic E-state index is 12.0. The number of nitrogens with zero attached hydrogens (tertiary/aromatic N) is 1. The Labute approximate surface area is 118 Å². The molecule has 1 N–H and O–H groups in total. The summed E-state index contributed by atoms with van der Waals surface area (Å²) in [6.45, 7) is 5.31. The fourth-order valence-corrected chi connectivity index (χ4v) is 2.56. The Bertz CT molecular complexity index is 580. The van der Waals surface area contributed by atoms with Gasteiger partial charge in [-0.1, -0.05) is 17.7 Å². The molecule has 106 valence electrons. The van der Waals surface area contributed by atoms with E-state index in [-0.39, 0.29) is 18.2 Å². The maximum atomic E-state index is 12.0. The third-order valence-corrected chi connectivity index (χ3v) is 3.47. The molecule has 1 aromatic carbocycles. The number of benzene rings is 1. The van der Waals surface area contributed by atoms with Crippen LogP contribution in [0.25, 0.3) is 0 Å². The SMILES string of the molecule is CC(=O)N(c1ccc(C)cc1C)C1CCC(=O)NC1=O. The minimum atomic E-state index is -0.619. The van der Waals surface area contributed by atoms with Crippen molar-refractivity contribution in [2.45, 2.75) is 39.7 Å². The number of hydrogen-bond donors (Lipinski definition) is 1. The lowest BCUT2D eigenvalue weighted by Gasteiger charge is -2.33. The molecule has 5 nitrogen and oxygen atoms in total. The number of imide groups is 1. The van der Waals surface area contributed by atoms with Crippen molar-refractivity contribution >= 4 is 23.4 Å². The smallest absolute Gasteiger partial charge is 0.249 e. The van der Waals surface area contributed by atoms with Crippen molar-refractivity contribution in [3.8, 4) is 0 Å². The lowest BCUT2D eigenvalue weighted by atomic mass is 10.0. The van der Waals surface area contributed by atoms with Gasteiger partial charge in [-0.05, 0) is 31.9 Å². The molecule has 0 aliphatic carbocycles. The van der Waals surface area contributed by atoms with E-state index in [1.54, 1.807) is 0 Å². The van der Waals surface area contributed by atoms with Crippen LogP contribution in [0.15, 0.2) is 18.2 Å². The van der Waals surface area contributed by atoms with Gasteiger partial charge in [0.2, 0.25) is 17.7 Å². The molecule has 0 spiro atoms. The van der Waals surface area contributed by atoms with Gasteiger partial charge in [0.05, 0.1) is 0 Å². The Hall–Kier alpha value is -2.17. The highest BCUT2D eigenvalue weighted by atomic mass is 16.2. The van der Waals surface area contributed by atoms with Gasteiger partial charge >= 0.3 is 0 Å². The molecule has 0 bridgehead atoms. The van der Waals surface area contributed by atoms with Crippen molar-refractivity contribution in [1.82, 2.24) is 5.32 Å². The second kappa shape index (κ2) is 5.45. The molecule has 0 aromatic heterocycles. The first-order valence-corrected chi connectivity index (χ1v) is 6.61. The Morgan fingerprint density at radius 2 is 2.00 bits per heavy atom. The third-order valence-electron chi connectivity index (χ3n) is 3.47. The second-order valence-corrected chi connectivity index (χ2v) is 5.15. The molecule has 1 fully saturated rings. The molecule has 2 rings (SSSR count).